The Bertz CT molecular complexity index is 1890. The zero-order chi connectivity index (χ0) is 30.3. The number of nitrogens with zero attached hydrogens (tertiary/aromatic N) is 4. The molecule has 11 heteroatoms. The number of carbonyl (C=O) groups excluding carboxylic acids is 1. The minimum Gasteiger partial charge on any atom is -0.491 e. The summed E-state index contributed by atoms with van der Waals surface area (Å²) in [6, 6.07) is 19.9. The molecule has 0 aliphatic carbocycles. The van der Waals surface area contributed by atoms with Crippen molar-refractivity contribution in [2.45, 2.75) is 38.1 Å². The van der Waals surface area contributed by atoms with Gasteiger partial charge in [0.15, 0.2) is 5.79 Å². The van der Waals surface area contributed by atoms with Crippen LogP contribution in [0.25, 0.3) is 16.6 Å². The summed E-state index contributed by atoms with van der Waals surface area (Å²) in [6.07, 6.45) is 6.05. The van der Waals surface area contributed by atoms with E-state index in [1.165, 1.54) is 10.9 Å². The lowest BCUT2D eigenvalue weighted by Gasteiger charge is -2.43. The number of benzene rings is 2. The molecule has 11 nitrogen and oxygen atoms in total. The molecule has 1 amide bonds. The number of amides is 1. The molecule has 5 heterocycles. The summed E-state index contributed by atoms with van der Waals surface area (Å²) in [7, 11) is 1.74. The zero-order valence-electron chi connectivity index (χ0n) is 24.4. The fourth-order valence-electron chi connectivity index (χ4n) is 5.78. The van der Waals surface area contributed by atoms with E-state index in [1.54, 1.807) is 43.0 Å². The average Bonchev–Trinajstić information content (AvgIpc) is 3.59. The Morgan fingerprint density at radius 1 is 1.09 bits per heavy atom. The third-order valence-corrected chi connectivity index (χ3v) is 8.08. The number of anilines is 1. The lowest BCUT2D eigenvalue weighted by Crippen LogP contribution is -2.52. The highest BCUT2D eigenvalue weighted by atomic mass is 16.7. The van der Waals surface area contributed by atoms with Crippen LogP contribution in [0, 0.1) is 6.92 Å². The number of fused-ring (bicyclic) bond motifs is 1. The first-order valence-corrected chi connectivity index (χ1v) is 14.5. The zero-order valence-corrected chi connectivity index (χ0v) is 24.4. The van der Waals surface area contributed by atoms with Gasteiger partial charge in [-0.25, -0.2) is 9.67 Å². The molecular weight excluding hydrogens is 562 g/mol. The number of hydrogen-bond acceptors (Lipinski definition) is 8. The first-order valence-electron chi connectivity index (χ1n) is 14.5. The fraction of sp³-hybridized carbons (Fsp3) is 0.273. The second-order valence-corrected chi connectivity index (χ2v) is 11.0. The third kappa shape index (κ3) is 5.20. The van der Waals surface area contributed by atoms with Crippen molar-refractivity contribution in [3.05, 3.63) is 101 Å². The molecule has 2 aromatic carbocycles. The summed E-state index contributed by atoms with van der Waals surface area (Å²) >= 11 is 0. The van der Waals surface area contributed by atoms with Gasteiger partial charge in [0.2, 0.25) is 0 Å². The van der Waals surface area contributed by atoms with Crippen molar-refractivity contribution < 1.29 is 23.7 Å². The Hall–Kier alpha value is -5.00. The predicted octanol–water partition coefficient (Wildman–Crippen LogP) is 5.15. The molecular formula is C33H31N5O6. The van der Waals surface area contributed by atoms with E-state index in [0.29, 0.717) is 41.1 Å². The molecule has 2 saturated heterocycles. The molecule has 2 aliphatic rings. The molecule has 44 heavy (non-hydrogen) atoms. The Morgan fingerprint density at radius 2 is 1.91 bits per heavy atom. The summed E-state index contributed by atoms with van der Waals surface area (Å²) < 4.78 is 26.9. The van der Waals surface area contributed by atoms with Crippen LogP contribution in [-0.2, 0) is 16.5 Å². The third-order valence-electron chi connectivity index (χ3n) is 8.08. The van der Waals surface area contributed by atoms with Gasteiger partial charge in [0.25, 0.3) is 11.5 Å². The van der Waals surface area contributed by atoms with Gasteiger partial charge < -0.3 is 24.3 Å². The molecule has 0 bridgehead atoms. The van der Waals surface area contributed by atoms with E-state index < -0.39 is 11.5 Å². The van der Waals surface area contributed by atoms with Gasteiger partial charge in [0, 0.05) is 37.5 Å². The van der Waals surface area contributed by atoms with Gasteiger partial charge in [-0.3, -0.25) is 19.3 Å². The van der Waals surface area contributed by atoms with E-state index in [4.69, 9.17) is 18.9 Å². The summed E-state index contributed by atoms with van der Waals surface area (Å²) in [6.45, 7) is 2.95. The maximum Gasteiger partial charge on any atom is 0.284 e. The number of carbonyl (C=O) groups is 1. The van der Waals surface area contributed by atoms with Gasteiger partial charge in [-0.15, -0.1) is 0 Å². The molecule has 1 spiro atoms. The van der Waals surface area contributed by atoms with Gasteiger partial charge in [0.1, 0.15) is 41.3 Å². The highest BCUT2D eigenvalue weighted by Crippen LogP contribution is 2.42. The maximum atomic E-state index is 13.2. The van der Waals surface area contributed by atoms with Crippen molar-refractivity contribution in [2.24, 2.45) is 7.05 Å². The summed E-state index contributed by atoms with van der Waals surface area (Å²) in [5.41, 5.74) is 1.58. The van der Waals surface area contributed by atoms with Crippen molar-refractivity contribution in [2.75, 3.05) is 18.5 Å². The molecule has 7 rings (SSSR count). The monoisotopic (exact) mass is 593 g/mol. The van der Waals surface area contributed by atoms with Crippen molar-refractivity contribution in [3.8, 4) is 22.9 Å². The summed E-state index contributed by atoms with van der Waals surface area (Å²) in [5, 5.41) is 3.54. The van der Waals surface area contributed by atoms with E-state index in [-0.39, 0.29) is 17.5 Å². The Balaban J connectivity index is 1.01. The van der Waals surface area contributed by atoms with Gasteiger partial charge in [-0.2, -0.15) is 0 Å². The minimum atomic E-state index is -0.535. The number of hydrogen-bond donors (Lipinski definition) is 1. The average molecular weight is 594 g/mol. The van der Waals surface area contributed by atoms with E-state index in [1.807, 2.05) is 48.5 Å². The first-order chi connectivity index (χ1) is 21.4. The van der Waals surface area contributed by atoms with Crippen LogP contribution in [0.3, 0.4) is 0 Å². The van der Waals surface area contributed by atoms with Crippen LogP contribution in [0.5, 0.6) is 17.2 Å². The van der Waals surface area contributed by atoms with Crippen molar-refractivity contribution in [1.29, 1.82) is 0 Å². The number of ether oxygens (including phenoxy) is 4. The van der Waals surface area contributed by atoms with Crippen molar-refractivity contribution in [1.82, 2.24) is 19.3 Å². The number of rotatable bonds is 8. The maximum absolute atomic E-state index is 13.2. The second kappa shape index (κ2) is 11.3. The van der Waals surface area contributed by atoms with Crippen LogP contribution in [-0.4, -0.2) is 50.3 Å². The van der Waals surface area contributed by atoms with Crippen LogP contribution >= 0.6 is 0 Å². The molecule has 5 aromatic rings. The van der Waals surface area contributed by atoms with Crippen LogP contribution < -0.4 is 20.3 Å². The van der Waals surface area contributed by atoms with E-state index in [9.17, 15) is 9.59 Å². The van der Waals surface area contributed by atoms with Crippen LogP contribution in [0.4, 0.5) is 5.82 Å². The highest BCUT2D eigenvalue weighted by molar-refractivity contribution is 6.04. The number of nitrogens with one attached hydrogen (secondary N) is 1. The smallest absolute Gasteiger partial charge is 0.284 e. The molecule has 1 N–H and O–H groups in total. The molecule has 0 radical (unpaired) electrons. The molecule has 2 fully saturated rings. The normalized spacial score (nSPS) is 19.2. The predicted molar refractivity (Wildman–Crippen MR) is 163 cm³/mol. The van der Waals surface area contributed by atoms with Gasteiger partial charge in [0.05, 0.1) is 29.7 Å². The van der Waals surface area contributed by atoms with Crippen molar-refractivity contribution in [3.63, 3.8) is 0 Å². The Morgan fingerprint density at radius 3 is 2.66 bits per heavy atom. The SMILES string of the molecule is Cc1c(C(=O)Nc2ccc(Oc3ccnc4cc(OCC5CC6(CCCO6)O5)ccc34)cn2)c(=O)n(-c2ccccc2)n1C. The van der Waals surface area contributed by atoms with Crippen LogP contribution in [0.1, 0.15) is 35.3 Å². The molecule has 0 saturated carbocycles. The standard InChI is InChI=1S/C33H31N5O6/c1-21-30(32(40)38(37(21)2)22-7-4-3-5-8-22)31(39)36-29-12-10-24(19-35-29)43-28-13-15-34-27-17-23(9-11-26(27)28)41-20-25-18-33(44-25)14-6-16-42-33/h3-5,7-13,15,17,19,25H,6,14,16,18,20H2,1-2H3,(H,35,36,39). The number of pyridine rings is 2. The first kappa shape index (κ1) is 27.8. The molecule has 2 aliphatic heterocycles. The Labute approximate surface area is 253 Å². The Kier molecular flexibility index (Phi) is 7.11. The van der Waals surface area contributed by atoms with Crippen molar-refractivity contribution >= 4 is 22.6 Å². The minimum absolute atomic E-state index is 0.0244. The quantitative estimate of drug-likeness (QED) is 0.263. The summed E-state index contributed by atoms with van der Waals surface area (Å²) in [4.78, 5) is 35.1. The van der Waals surface area contributed by atoms with E-state index in [0.717, 1.165) is 36.8 Å². The molecule has 3 aromatic heterocycles. The largest absolute Gasteiger partial charge is 0.491 e. The lowest BCUT2D eigenvalue weighted by molar-refractivity contribution is -0.326. The van der Waals surface area contributed by atoms with E-state index >= 15 is 0 Å². The highest BCUT2D eigenvalue weighted by Gasteiger charge is 2.49. The van der Waals surface area contributed by atoms with Crippen LogP contribution in [0.2, 0.25) is 0 Å². The number of para-hydroxylation sites is 1. The fourth-order valence-corrected chi connectivity index (χ4v) is 5.78. The second-order valence-electron chi connectivity index (χ2n) is 11.0. The molecule has 2 atom stereocenters. The van der Waals surface area contributed by atoms with Gasteiger partial charge >= 0.3 is 0 Å². The van der Waals surface area contributed by atoms with E-state index in [2.05, 4.69) is 15.3 Å². The lowest BCUT2D eigenvalue weighted by atomic mass is 9.98. The van der Waals surface area contributed by atoms with Gasteiger partial charge in [-0.1, -0.05) is 18.2 Å². The number of aromatic nitrogens is 4. The molecule has 2 unspecified atom stereocenters. The topological polar surface area (TPSA) is 119 Å². The summed E-state index contributed by atoms with van der Waals surface area (Å²) in [5.74, 6) is 1.15. The molecule has 224 valence electrons. The van der Waals surface area contributed by atoms with Gasteiger partial charge in [-0.05, 0) is 55.8 Å². The van der Waals surface area contributed by atoms with Crippen LogP contribution in [0.15, 0.2) is 83.9 Å².